The topological polar surface area (TPSA) is 71.0 Å². The molecule has 2 N–H and O–H groups in total. The molecule has 6 heteroatoms. The summed E-state index contributed by atoms with van der Waals surface area (Å²) in [6.07, 6.45) is 0. The van der Waals surface area contributed by atoms with E-state index in [1.165, 1.54) is 0 Å². The van der Waals surface area contributed by atoms with Crippen LogP contribution in [0, 0.1) is 0 Å². The van der Waals surface area contributed by atoms with Gasteiger partial charge in [0.15, 0.2) is 0 Å². The highest BCUT2D eigenvalue weighted by Crippen LogP contribution is 2.25. The molecular formula is C13H18N2O4. The van der Waals surface area contributed by atoms with Crippen LogP contribution >= 0.6 is 0 Å². The molecule has 0 bridgehead atoms. The van der Waals surface area contributed by atoms with Crippen molar-refractivity contribution in [2.45, 2.75) is 12.6 Å². The number of rotatable bonds is 3. The summed E-state index contributed by atoms with van der Waals surface area (Å²) in [7, 11) is 3.67. The zero-order valence-corrected chi connectivity index (χ0v) is 11.0. The van der Waals surface area contributed by atoms with E-state index in [-0.39, 0.29) is 6.04 Å². The Morgan fingerprint density at radius 3 is 3.11 bits per heavy atom. The molecular weight excluding hydrogens is 248 g/mol. The Morgan fingerprint density at radius 1 is 1.63 bits per heavy atom. The average Bonchev–Trinajstić information content (AvgIpc) is 2.57. The number of hydrogen-bond donors (Lipinski definition) is 2. The third-order valence-corrected chi connectivity index (χ3v) is 3.26. The van der Waals surface area contributed by atoms with E-state index in [0.717, 1.165) is 12.1 Å². The molecule has 0 saturated heterocycles. The number of nitrogens with zero attached hydrogens (tertiary/aromatic N) is 1. The number of nitrogens with one attached hydrogen (secondary N) is 1. The van der Waals surface area contributed by atoms with E-state index < -0.39 is 5.91 Å². The smallest absolute Gasteiger partial charge is 0.274 e. The summed E-state index contributed by atoms with van der Waals surface area (Å²) in [6, 6.07) is 5.32. The van der Waals surface area contributed by atoms with Gasteiger partial charge in [-0.15, -0.1) is 0 Å². The summed E-state index contributed by atoms with van der Waals surface area (Å²) in [5.74, 6) is 0.129. The van der Waals surface area contributed by atoms with Crippen LogP contribution in [0.3, 0.4) is 0 Å². The summed E-state index contributed by atoms with van der Waals surface area (Å²) in [4.78, 5) is 13.5. The van der Waals surface area contributed by atoms with Gasteiger partial charge in [0.1, 0.15) is 12.4 Å². The third kappa shape index (κ3) is 3.04. The molecule has 0 fully saturated rings. The van der Waals surface area contributed by atoms with Crippen molar-refractivity contribution in [2.75, 3.05) is 27.4 Å². The number of hydroxylamine groups is 1. The molecule has 1 aliphatic heterocycles. The van der Waals surface area contributed by atoms with Gasteiger partial charge in [0, 0.05) is 24.8 Å². The van der Waals surface area contributed by atoms with Crippen LogP contribution in [-0.4, -0.2) is 49.4 Å². The van der Waals surface area contributed by atoms with E-state index in [4.69, 9.17) is 14.7 Å². The lowest BCUT2D eigenvalue weighted by atomic mass is 10.1. The molecule has 0 aromatic heterocycles. The summed E-state index contributed by atoms with van der Waals surface area (Å²) in [5.41, 5.74) is 3.00. The van der Waals surface area contributed by atoms with Gasteiger partial charge in [-0.2, -0.15) is 0 Å². The van der Waals surface area contributed by atoms with Crippen LogP contribution < -0.4 is 10.2 Å². The molecule has 104 valence electrons. The zero-order chi connectivity index (χ0) is 13.8. The molecule has 1 amide bonds. The van der Waals surface area contributed by atoms with Crippen molar-refractivity contribution < 1.29 is 19.5 Å². The first-order valence-corrected chi connectivity index (χ1v) is 6.05. The first kappa shape index (κ1) is 13.8. The summed E-state index contributed by atoms with van der Waals surface area (Å²) < 4.78 is 10.9. The Morgan fingerprint density at radius 2 is 2.42 bits per heavy atom. The van der Waals surface area contributed by atoms with E-state index in [1.807, 2.05) is 13.1 Å². The molecule has 0 radical (unpaired) electrons. The number of ether oxygens (including phenoxy) is 2. The normalized spacial score (nSPS) is 19.2. The number of hydrogen-bond acceptors (Lipinski definition) is 5. The molecule has 6 nitrogen and oxygen atoms in total. The van der Waals surface area contributed by atoms with Gasteiger partial charge in [0.05, 0.1) is 12.6 Å². The van der Waals surface area contributed by atoms with Crippen LogP contribution in [-0.2, 0) is 11.3 Å². The summed E-state index contributed by atoms with van der Waals surface area (Å²) in [5, 5.41) is 8.64. The first-order valence-electron chi connectivity index (χ1n) is 6.05. The number of benzene rings is 1. The Balaban J connectivity index is 2.22. The molecule has 1 aromatic carbocycles. The minimum atomic E-state index is -0.544. The van der Waals surface area contributed by atoms with Crippen LogP contribution in [0.15, 0.2) is 18.2 Å². The Hall–Kier alpha value is -1.63. The Bertz CT molecular complexity index is 464. The maximum Gasteiger partial charge on any atom is 0.274 e. The average molecular weight is 266 g/mol. The standard InChI is InChI=1S/C13H18N2O4/c1-15-6-10-4-3-9(13(16)14-17)5-12(10)19-8-11(15)7-18-2/h3-5,11,17H,6-8H2,1-2H3,(H,14,16)/t11-/m1/s1. The van der Waals surface area contributed by atoms with Gasteiger partial charge in [0.25, 0.3) is 5.91 Å². The molecule has 19 heavy (non-hydrogen) atoms. The van der Waals surface area contributed by atoms with Gasteiger partial charge in [-0.1, -0.05) is 6.07 Å². The number of amides is 1. The SMILES string of the molecule is COC[C@@H]1COc2cc(C(=O)NO)ccc2CN1C. The van der Waals surface area contributed by atoms with E-state index in [2.05, 4.69) is 4.90 Å². The van der Waals surface area contributed by atoms with Crippen LogP contribution in [0.25, 0.3) is 0 Å². The first-order chi connectivity index (χ1) is 9.15. The number of carbonyl (C=O) groups excluding carboxylic acids is 1. The van der Waals surface area contributed by atoms with Crippen molar-refractivity contribution in [1.82, 2.24) is 10.4 Å². The summed E-state index contributed by atoms with van der Waals surface area (Å²) >= 11 is 0. The van der Waals surface area contributed by atoms with Gasteiger partial charge in [-0.05, 0) is 19.2 Å². The largest absolute Gasteiger partial charge is 0.492 e. The van der Waals surface area contributed by atoms with Crippen molar-refractivity contribution in [3.8, 4) is 5.75 Å². The van der Waals surface area contributed by atoms with Gasteiger partial charge < -0.3 is 9.47 Å². The van der Waals surface area contributed by atoms with E-state index in [9.17, 15) is 4.79 Å². The van der Waals surface area contributed by atoms with Crippen molar-refractivity contribution in [3.63, 3.8) is 0 Å². The fourth-order valence-electron chi connectivity index (χ4n) is 2.10. The molecule has 1 aromatic rings. The molecule has 0 saturated carbocycles. The highest BCUT2D eigenvalue weighted by atomic mass is 16.5. The fraction of sp³-hybridized carbons (Fsp3) is 0.462. The highest BCUT2D eigenvalue weighted by Gasteiger charge is 2.22. The predicted octanol–water partition coefficient (Wildman–Crippen LogP) is 0.645. The second-order valence-corrected chi connectivity index (χ2v) is 4.60. The van der Waals surface area contributed by atoms with Gasteiger partial charge in [-0.3, -0.25) is 14.9 Å². The number of methoxy groups -OCH3 is 1. The van der Waals surface area contributed by atoms with Crippen LogP contribution in [0.5, 0.6) is 5.75 Å². The van der Waals surface area contributed by atoms with Crippen LogP contribution in [0.1, 0.15) is 15.9 Å². The molecule has 0 unspecified atom stereocenters. The van der Waals surface area contributed by atoms with Crippen LogP contribution in [0.2, 0.25) is 0 Å². The van der Waals surface area contributed by atoms with Crippen molar-refractivity contribution in [2.24, 2.45) is 0 Å². The minimum absolute atomic E-state index is 0.174. The lowest BCUT2D eigenvalue weighted by molar-refractivity contribution is 0.0705. The van der Waals surface area contributed by atoms with Crippen molar-refractivity contribution >= 4 is 5.91 Å². The molecule has 0 aliphatic carbocycles. The summed E-state index contributed by atoms with van der Waals surface area (Å²) in [6.45, 7) is 1.82. The molecule has 1 heterocycles. The van der Waals surface area contributed by atoms with E-state index in [0.29, 0.717) is 24.5 Å². The zero-order valence-electron chi connectivity index (χ0n) is 11.0. The van der Waals surface area contributed by atoms with Gasteiger partial charge >= 0.3 is 0 Å². The molecule has 2 rings (SSSR count). The minimum Gasteiger partial charge on any atom is -0.492 e. The van der Waals surface area contributed by atoms with E-state index in [1.54, 1.807) is 24.7 Å². The molecule has 1 atom stereocenters. The predicted molar refractivity (Wildman–Crippen MR) is 68.3 cm³/mol. The number of likely N-dealkylation sites (N-methyl/N-ethyl adjacent to an activating group) is 1. The lowest BCUT2D eigenvalue weighted by Gasteiger charge is -2.23. The number of carbonyl (C=O) groups is 1. The Labute approximate surface area is 111 Å². The molecule has 1 aliphatic rings. The Kier molecular flexibility index (Phi) is 4.36. The number of fused-ring (bicyclic) bond motifs is 1. The molecule has 0 spiro atoms. The second kappa shape index (κ2) is 6.01. The van der Waals surface area contributed by atoms with Gasteiger partial charge in [-0.25, -0.2) is 5.48 Å². The maximum absolute atomic E-state index is 11.4. The monoisotopic (exact) mass is 266 g/mol. The lowest BCUT2D eigenvalue weighted by Crippen LogP contribution is -2.37. The van der Waals surface area contributed by atoms with Crippen molar-refractivity contribution in [1.29, 1.82) is 0 Å². The second-order valence-electron chi connectivity index (χ2n) is 4.60. The third-order valence-electron chi connectivity index (χ3n) is 3.26. The van der Waals surface area contributed by atoms with E-state index >= 15 is 0 Å². The highest BCUT2D eigenvalue weighted by molar-refractivity contribution is 5.93. The van der Waals surface area contributed by atoms with Gasteiger partial charge in [0.2, 0.25) is 0 Å². The fourth-order valence-corrected chi connectivity index (χ4v) is 2.10. The quantitative estimate of drug-likeness (QED) is 0.621. The van der Waals surface area contributed by atoms with Crippen molar-refractivity contribution in [3.05, 3.63) is 29.3 Å². The maximum atomic E-state index is 11.4. The van der Waals surface area contributed by atoms with Crippen LogP contribution in [0.4, 0.5) is 0 Å².